The van der Waals surface area contributed by atoms with Gasteiger partial charge in [0.15, 0.2) is 0 Å². The maximum absolute atomic E-state index is 8.98. The highest BCUT2D eigenvalue weighted by atomic mass is 32.2. The van der Waals surface area contributed by atoms with Crippen LogP contribution in [0.25, 0.3) is 0 Å². The normalized spacial score (nSPS) is 13.2. The molecule has 0 spiro atoms. The predicted octanol–water partition coefficient (Wildman–Crippen LogP) is 1.88. The van der Waals surface area contributed by atoms with Crippen molar-refractivity contribution >= 4 is 11.8 Å². The molecule has 0 aromatic carbocycles. The molecule has 0 amide bonds. The molecule has 0 aliphatic heterocycles. The van der Waals surface area contributed by atoms with Gasteiger partial charge in [-0.3, -0.25) is 0 Å². The van der Waals surface area contributed by atoms with Crippen LogP contribution in [0.15, 0.2) is 0 Å². The van der Waals surface area contributed by atoms with E-state index in [9.17, 15) is 0 Å². The highest BCUT2D eigenvalue weighted by Crippen LogP contribution is 2.01. The summed E-state index contributed by atoms with van der Waals surface area (Å²) in [5, 5.41) is 12.3. The SMILES string of the molecule is CSCCCCCNCCC(C)O. The van der Waals surface area contributed by atoms with Crippen LogP contribution < -0.4 is 5.32 Å². The van der Waals surface area contributed by atoms with Crippen molar-refractivity contribution in [1.82, 2.24) is 5.32 Å². The molecule has 3 heteroatoms. The molecule has 0 aromatic rings. The van der Waals surface area contributed by atoms with Crippen molar-refractivity contribution in [2.24, 2.45) is 0 Å². The highest BCUT2D eigenvalue weighted by molar-refractivity contribution is 7.98. The lowest BCUT2D eigenvalue weighted by Crippen LogP contribution is -2.20. The number of nitrogens with one attached hydrogen (secondary N) is 1. The third-order valence-electron chi connectivity index (χ3n) is 1.94. The first kappa shape index (κ1) is 13.3. The summed E-state index contributed by atoms with van der Waals surface area (Å²) in [4.78, 5) is 0. The standard InChI is InChI=1S/C10H23NOS/c1-10(12)6-8-11-7-4-3-5-9-13-2/h10-12H,3-9H2,1-2H3. The van der Waals surface area contributed by atoms with Crippen molar-refractivity contribution in [1.29, 1.82) is 0 Å². The molecule has 0 aliphatic carbocycles. The Morgan fingerprint density at radius 2 is 2.00 bits per heavy atom. The van der Waals surface area contributed by atoms with Crippen LogP contribution in [0.4, 0.5) is 0 Å². The zero-order valence-corrected chi connectivity index (χ0v) is 9.70. The third-order valence-corrected chi connectivity index (χ3v) is 2.64. The number of hydrogen-bond acceptors (Lipinski definition) is 3. The van der Waals surface area contributed by atoms with Gasteiger partial charge in [0.1, 0.15) is 0 Å². The van der Waals surface area contributed by atoms with Gasteiger partial charge in [0.25, 0.3) is 0 Å². The van der Waals surface area contributed by atoms with Gasteiger partial charge >= 0.3 is 0 Å². The van der Waals surface area contributed by atoms with Gasteiger partial charge in [-0.1, -0.05) is 6.42 Å². The quantitative estimate of drug-likeness (QED) is 0.564. The van der Waals surface area contributed by atoms with Gasteiger partial charge in [-0.25, -0.2) is 0 Å². The largest absolute Gasteiger partial charge is 0.393 e. The lowest BCUT2D eigenvalue weighted by Gasteiger charge is -2.05. The van der Waals surface area contributed by atoms with E-state index in [-0.39, 0.29) is 6.10 Å². The monoisotopic (exact) mass is 205 g/mol. The molecule has 0 aromatic heterocycles. The molecule has 1 atom stereocenters. The van der Waals surface area contributed by atoms with E-state index >= 15 is 0 Å². The zero-order chi connectivity index (χ0) is 9.94. The van der Waals surface area contributed by atoms with Crippen LogP contribution in [0.5, 0.6) is 0 Å². The number of rotatable bonds is 9. The molecule has 0 fully saturated rings. The first-order valence-electron chi connectivity index (χ1n) is 5.15. The van der Waals surface area contributed by atoms with Crippen LogP contribution in [0.2, 0.25) is 0 Å². The smallest absolute Gasteiger partial charge is 0.0524 e. The maximum atomic E-state index is 8.98. The summed E-state index contributed by atoms with van der Waals surface area (Å²) in [7, 11) is 0. The second kappa shape index (κ2) is 10.4. The van der Waals surface area contributed by atoms with Gasteiger partial charge in [-0.05, 0) is 51.3 Å². The van der Waals surface area contributed by atoms with Crippen LogP contribution >= 0.6 is 11.8 Å². The first-order valence-corrected chi connectivity index (χ1v) is 6.54. The van der Waals surface area contributed by atoms with Crippen molar-refractivity contribution in [2.75, 3.05) is 25.1 Å². The van der Waals surface area contributed by atoms with E-state index in [0.29, 0.717) is 0 Å². The Balaban J connectivity index is 2.84. The second-order valence-electron chi connectivity index (χ2n) is 3.44. The molecule has 2 nitrogen and oxygen atoms in total. The van der Waals surface area contributed by atoms with Crippen molar-refractivity contribution in [3.8, 4) is 0 Å². The molecule has 1 unspecified atom stereocenters. The van der Waals surface area contributed by atoms with E-state index in [1.54, 1.807) is 0 Å². The average Bonchev–Trinajstić information content (AvgIpc) is 2.09. The third kappa shape index (κ3) is 12.3. The summed E-state index contributed by atoms with van der Waals surface area (Å²) in [6, 6.07) is 0. The van der Waals surface area contributed by atoms with Gasteiger partial charge in [-0.2, -0.15) is 11.8 Å². The summed E-state index contributed by atoms with van der Waals surface area (Å²) < 4.78 is 0. The lowest BCUT2D eigenvalue weighted by molar-refractivity contribution is 0.184. The van der Waals surface area contributed by atoms with E-state index in [1.807, 2.05) is 18.7 Å². The molecule has 0 bridgehead atoms. The number of unbranched alkanes of at least 4 members (excludes halogenated alkanes) is 2. The Bertz CT molecular complexity index is 98.9. The topological polar surface area (TPSA) is 32.3 Å². The number of aliphatic hydroxyl groups excluding tert-OH is 1. The van der Waals surface area contributed by atoms with Crippen LogP contribution in [0.1, 0.15) is 32.6 Å². The number of aliphatic hydroxyl groups is 1. The molecule has 80 valence electrons. The number of hydrogen-bond donors (Lipinski definition) is 2. The Kier molecular flexibility index (Phi) is 10.6. The van der Waals surface area contributed by atoms with E-state index in [2.05, 4.69) is 11.6 Å². The van der Waals surface area contributed by atoms with Crippen molar-refractivity contribution < 1.29 is 5.11 Å². The van der Waals surface area contributed by atoms with Gasteiger partial charge in [-0.15, -0.1) is 0 Å². The van der Waals surface area contributed by atoms with Gasteiger partial charge in [0, 0.05) is 0 Å². The minimum atomic E-state index is -0.163. The van der Waals surface area contributed by atoms with E-state index in [0.717, 1.165) is 19.5 Å². The van der Waals surface area contributed by atoms with Crippen molar-refractivity contribution in [3.63, 3.8) is 0 Å². The Labute approximate surface area is 86.5 Å². The lowest BCUT2D eigenvalue weighted by atomic mass is 10.2. The fourth-order valence-corrected chi connectivity index (χ4v) is 1.60. The van der Waals surface area contributed by atoms with E-state index < -0.39 is 0 Å². The molecule has 0 radical (unpaired) electrons. The van der Waals surface area contributed by atoms with E-state index in [4.69, 9.17) is 5.11 Å². The first-order chi connectivity index (χ1) is 6.27. The molecule has 2 N–H and O–H groups in total. The van der Waals surface area contributed by atoms with Crippen molar-refractivity contribution in [2.45, 2.75) is 38.7 Å². The van der Waals surface area contributed by atoms with Crippen LogP contribution in [-0.2, 0) is 0 Å². The molecular weight excluding hydrogens is 182 g/mol. The summed E-state index contributed by atoms with van der Waals surface area (Å²) in [5.74, 6) is 1.29. The Morgan fingerprint density at radius 3 is 2.62 bits per heavy atom. The molecule has 0 saturated carbocycles. The molecule has 0 aliphatic rings. The molecular formula is C10H23NOS. The average molecular weight is 205 g/mol. The van der Waals surface area contributed by atoms with Crippen molar-refractivity contribution in [3.05, 3.63) is 0 Å². The fraction of sp³-hybridized carbons (Fsp3) is 1.00. The molecule has 0 heterocycles. The molecule has 0 saturated heterocycles. The molecule has 0 rings (SSSR count). The second-order valence-corrected chi connectivity index (χ2v) is 4.43. The summed E-state index contributed by atoms with van der Waals surface area (Å²) in [6.45, 7) is 3.88. The van der Waals surface area contributed by atoms with Crippen LogP contribution in [0.3, 0.4) is 0 Å². The predicted molar refractivity (Wildman–Crippen MR) is 61.4 cm³/mol. The maximum Gasteiger partial charge on any atom is 0.0524 e. The number of thioether (sulfide) groups is 1. The summed E-state index contributed by atoms with van der Waals surface area (Å²) in [5.41, 5.74) is 0. The van der Waals surface area contributed by atoms with Gasteiger partial charge in [0.2, 0.25) is 0 Å². The zero-order valence-electron chi connectivity index (χ0n) is 8.88. The minimum absolute atomic E-state index is 0.163. The van der Waals surface area contributed by atoms with Crippen LogP contribution in [-0.4, -0.2) is 36.3 Å². The minimum Gasteiger partial charge on any atom is -0.393 e. The van der Waals surface area contributed by atoms with Crippen LogP contribution in [0, 0.1) is 0 Å². The van der Waals surface area contributed by atoms with Gasteiger partial charge in [0.05, 0.1) is 6.10 Å². The summed E-state index contributed by atoms with van der Waals surface area (Å²) >= 11 is 1.92. The Hall–Kier alpha value is 0.270. The Morgan fingerprint density at radius 1 is 1.23 bits per heavy atom. The highest BCUT2D eigenvalue weighted by Gasteiger charge is 1.94. The van der Waals surface area contributed by atoms with E-state index in [1.165, 1.54) is 25.0 Å². The van der Waals surface area contributed by atoms with Gasteiger partial charge < -0.3 is 10.4 Å². The molecule has 13 heavy (non-hydrogen) atoms. The fourth-order valence-electron chi connectivity index (χ4n) is 1.11. The summed E-state index contributed by atoms with van der Waals surface area (Å²) in [6.07, 6.45) is 6.78.